The van der Waals surface area contributed by atoms with Gasteiger partial charge in [0, 0.05) is 42.0 Å². The molecule has 1 aliphatic heterocycles. The van der Waals surface area contributed by atoms with Crippen LogP contribution in [0.1, 0.15) is 105 Å². The quantitative estimate of drug-likeness (QED) is 0.0861. The number of likely N-dealkylation sites (tertiary alicyclic amines) is 1. The van der Waals surface area contributed by atoms with Crippen LogP contribution in [-0.2, 0) is 28.8 Å². The summed E-state index contributed by atoms with van der Waals surface area (Å²) in [5.74, 6) is -3.44. The average molecular weight is 803 g/mol. The van der Waals surface area contributed by atoms with Gasteiger partial charge >= 0.3 is 0 Å². The molecule has 0 unspecified atom stereocenters. The Morgan fingerprint density at radius 1 is 0.724 bits per heavy atom. The monoisotopic (exact) mass is 802 g/mol. The van der Waals surface area contributed by atoms with Gasteiger partial charge < -0.3 is 42.5 Å². The Bertz CT molecular complexity index is 1880. The van der Waals surface area contributed by atoms with Crippen molar-refractivity contribution in [3.8, 4) is 0 Å². The molecule has 314 valence electrons. The first-order valence-electron chi connectivity index (χ1n) is 20.1. The third-order valence-corrected chi connectivity index (χ3v) is 10.0. The Kier molecular flexibility index (Phi) is 16.1. The fourth-order valence-electron chi connectivity index (χ4n) is 7.08. The first kappa shape index (κ1) is 45.1. The fourth-order valence-corrected chi connectivity index (χ4v) is 7.08. The van der Waals surface area contributed by atoms with E-state index in [2.05, 4.69) is 31.9 Å². The highest BCUT2D eigenvalue weighted by molar-refractivity contribution is 6.30. The summed E-state index contributed by atoms with van der Waals surface area (Å²) >= 11 is 0. The summed E-state index contributed by atoms with van der Waals surface area (Å²) < 4.78 is 0. The highest BCUT2D eigenvalue weighted by Crippen LogP contribution is 2.32. The smallest absolute Gasteiger partial charge is 0.245 e. The van der Waals surface area contributed by atoms with E-state index in [1.807, 2.05) is 27.7 Å². The standard InChI is InChI=1S/C42H58N8O8/c1-23(2)20-31(48-34(51)22-46-38(54)25(5)43)40(56)47-26(6)39(55)49-32(21-24(3)4)42(58)50-19-10-16-33(50)41(57)45-18-11-17-44-30-15-9-14-29-35(30)37(53)28-13-8-7-12-27(28)36(29)52/h7-9,12-15,23-26,31-33,44H,10-11,16-22,43H2,1-6H3,(H,45,57)(H,46,54)(H,47,56)(H,48,51)(H,49,55)/t25-,26-,31-,32-,33-/m0/s1. The number of anilines is 1. The van der Waals surface area contributed by atoms with Crippen LogP contribution in [-0.4, -0.2) is 108 Å². The summed E-state index contributed by atoms with van der Waals surface area (Å²) in [6.07, 6.45) is 2.12. The highest BCUT2D eigenvalue weighted by atomic mass is 16.2. The van der Waals surface area contributed by atoms with Crippen molar-refractivity contribution in [2.24, 2.45) is 17.6 Å². The van der Waals surface area contributed by atoms with E-state index < -0.39 is 59.7 Å². The minimum absolute atomic E-state index is 0.00736. The molecule has 4 rings (SSSR count). The number of nitrogens with one attached hydrogen (secondary N) is 6. The third-order valence-electron chi connectivity index (χ3n) is 10.0. The largest absolute Gasteiger partial charge is 0.384 e. The van der Waals surface area contributed by atoms with Gasteiger partial charge in [-0.25, -0.2) is 0 Å². The van der Waals surface area contributed by atoms with Gasteiger partial charge in [-0.2, -0.15) is 0 Å². The number of hydrogen-bond acceptors (Lipinski definition) is 10. The van der Waals surface area contributed by atoms with Crippen LogP contribution in [0.25, 0.3) is 0 Å². The van der Waals surface area contributed by atoms with Crippen molar-refractivity contribution in [3.63, 3.8) is 0 Å². The lowest BCUT2D eigenvalue weighted by atomic mass is 9.83. The predicted octanol–water partition coefficient (Wildman–Crippen LogP) is 1.40. The summed E-state index contributed by atoms with van der Waals surface area (Å²) in [4.78, 5) is 106. The number of amides is 6. The molecular formula is C42H58N8O8. The molecular weight excluding hydrogens is 745 g/mol. The molecule has 6 amide bonds. The molecule has 1 aliphatic carbocycles. The highest BCUT2D eigenvalue weighted by Gasteiger charge is 2.38. The molecule has 0 bridgehead atoms. The molecule has 1 heterocycles. The van der Waals surface area contributed by atoms with E-state index in [1.165, 1.54) is 18.7 Å². The van der Waals surface area contributed by atoms with Crippen LogP contribution in [0.5, 0.6) is 0 Å². The molecule has 58 heavy (non-hydrogen) atoms. The van der Waals surface area contributed by atoms with Crippen LogP contribution in [0, 0.1) is 11.8 Å². The second-order valence-electron chi connectivity index (χ2n) is 15.9. The van der Waals surface area contributed by atoms with Gasteiger partial charge in [0.2, 0.25) is 35.4 Å². The normalized spacial score (nSPS) is 16.7. The number of ketones is 2. The molecule has 2 aliphatic rings. The van der Waals surface area contributed by atoms with Gasteiger partial charge in [0.25, 0.3) is 0 Å². The molecule has 0 radical (unpaired) electrons. The van der Waals surface area contributed by atoms with Gasteiger partial charge in [-0.15, -0.1) is 0 Å². The second-order valence-corrected chi connectivity index (χ2v) is 15.9. The van der Waals surface area contributed by atoms with Crippen LogP contribution in [0.4, 0.5) is 5.69 Å². The third kappa shape index (κ3) is 11.7. The van der Waals surface area contributed by atoms with Gasteiger partial charge in [-0.1, -0.05) is 64.1 Å². The molecule has 0 spiro atoms. The molecule has 2 aromatic carbocycles. The van der Waals surface area contributed by atoms with Crippen molar-refractivity contribution < 1.29 is 38.4 Å². The van der Waals surface area contributed by atoms with Crippen molar-refractivity contribution in [3.05, 3.63) is 64.7 Å². The van der Waals surface area contributed by atoms with Gasteiger partial charge in [-0.05, 0) is 63.9 Å². The number of nitrogens with two attached hydrogens (primary N) is 1. The number of carbonyl (C=O) groups excluding carboxylic acids is 8. The second kappa shape index (κ2) is 20.7. The lowest BCUT2D eigenvalue weighted by Gasteiger charge is -2.30. The van der Waals surface area contributed by atoms with Crippen LogP contribution >= 0.6 is 0 Å². The van der Waals surface area contributed by atoms with E-state index >= 15 is 0 Å². The number of fused-ring (bicyclic) bond motifs is 2. The molecule has 16 nitrogen and oxygen atoms in total. The summed E-state index contributed by atoms with van der Waals surface area (Å²) in [5, 5.41) is 16.6. The van der Waals surface area contributed by atoms with E-state index in [0.29, 0.717) is 66.7 Å². The molecule has 2 aromatic rings. The molecule has 1 saturated heterocycles. The number of hydrogen-bond donors (Lipinski definition) is 7. The van der Waals surface area contributed by atoms with E-state index in [-0.39, 0.29) is 48.8 Å². The Balaban J connectivity index is 1.30. The average Bonchev–Trinajstić information content (AvgIpc) is 3.68. The zero-order chi connectivity index (χ0) is 42.7. The van der Waals surface area contributed by atoms with Gasteiger partial charge in [0.1, 0.15) is 24.2 Å². The summed E-state index contributed by atoms with van der Waals surface area (Å²) in [6, 6.07) is 7.32. The van der Waals surface area contributed by atoms with Gasteiger partial charge in [0.15, 0.2) is 11.6 Å². The van der Waals surface area contributed by atoms with Crippen molar-refractivity contribution in [1.29, 1.82) is 0 Å². The number of nitrogens with zero attached hydrogens (tertiary/aromatic N) is 1. The predicted molar refractivity (Wildman–Crippen MR) is 218 cm³/mol. The maximum Gasteiger partial charge on any atom is 0.245 e. The Labute approximate surface area is 339 Å². The topological polar surface area (TPSA) is 238 Å². The minimum Gasteiger partial charge on any atom is -0.384 e. The van der Waals surface area contributed by atoms with Crippen LogP contribution < -0.4 is 37.6 Å². The first-order valence-corrected chi connectivity index (χ1v) is 20.1. The maximum absolute atomic E-state index is 14.0. The van der Waals surface area contributed by atoms with Gasteiger partial charge in [-0.3, -0.25) is 38.4 Å². The van der Waals surface area contributed by atoms with Crippen LogP contribution in [0.2, 0.25) is 0 Å². The molecule has 8 N–H and O–H groups in total. The Morgan fingerprint density at radius 3 is 2.02 bits per heavy atom. The summed E-state index contributed by atoms with van der Waals surface area (Å²) in [5.41, 5.74) is 7.49. The molecule has 1 fully saturated rings. The Hall–Kier alpha value is -5.64. The lowest BCUT2D eigenvalue weighted by molar-refractivity contribution is -0.142. The Morgan fingerprint density at radius 2 is 1.36 bits per heavy atom. The summed E-state index contributed by atoms with van der Waals surface area (Å²) in [7, 11) is 0. The molecule has 0 aromatic heterocycles. The molecule has 5 atom stereocenters. The van der Waals surface area contributed by atoms with Crippen molar-refractivity contribution in [1.82, 2.24) is 31.5 Å². The van der Waals surface area contributed by atoms with Crippen molar-refractivity contribution in [2.75, 3.05) is 31.5 Å². The van der Waals surface area contributed by atoms with Crippen molar-refractivity contribution in [2.45, 2.75) is 104 Å². The first-order chi connectivity index (χ1) is 27.5. The molecule has 0 saturated carbocycles. The van der Waals surface area contributed by atoms with Crippen LogP contribution in [0.15, 0.2) is 42.5 Å². The van der Waals surface area contributed by atoms with E-state index in [9.17, 15) is 38.4 Å². The minimum atomic E-state index is -1.07. The fraction of sp³-hybridized carbons (Fsp3) is 0.524. The number of benzene rings is 2. The van der Waals surface area contributed by atoms with E-state index in [1.54, 1.807) is 42.5 Å². The van der Waals surface area contributed by atoms with Crippen LogP contribution in [0.3, 0.4) is 0 Å². The van der Waals surface area contributed by atoms with Crippen molar-refractivity contribution >= 4 is 52.7 Å². The maximum atomic E-state index is 14.0. The number of carbonyl (C=O) groups is 8. The SMILES string of the molecule is CC(C)C[C@H](NC(=O)CNC(=O)[C@H](C)N)C(=O)N[C@@H](C)C(=O)N[C@@H](CC(C)C)C(=O)N1CCC[C@H]1C(=O)NCCCNc1cccc2c1C(=O)c1ccccc1C2=O. The zero-order valence-electron chi connectivity index (χ0n) is 34.2. The number of rotatable bonds is 19. The molecule has 16 heteroatoms. The van der Waals surface area contributed by atoms with Gasteiger partial charge in [0.05, 0.1) is 18.2 Å². The van der Waals surface area contributed by atoms with E-state index in [4.69, 9.17) is 5.73 Å². The van der Waals surface area contributed by atoms with E-state index in [0.717, 1.165) is 0 Å². The lowest BCUT2D eigenvalue weighted by Crippen LogP contribution is -2.58. The summed E-state index contributed by atoms with van der Waals surface area (Å²) in [6.45, 7) is 11.2. The zero-order valence-corrected chi connectivity index (χ0v) is 34.2.